The summed E-state index contributed by atoms with van der Waals surface area (Å²) in [5, 5.41) is 12.5. The third kappa shape index (κ3) is 4.23. The second-order valence-electron chi connectivity index (χ2n) is 5.43. The molecule has 27 heavy (non-hydrogen) atoms. The SMILES string of the molecule is COC(=O)CSC1=C(C#N)[C@@H](c2ccccc2OC)[C@H](C(=O)OC)C(=O)N1. The van der Waals surface area contributed by atoms with Gasteiger partial charge in [-0.05, 0) is 6.07 Å². The topological polar surface area (TPSA) is 115 Å². The second-order valence-corrected chi connectivity index (χ2v) is 6.41. The van der Waals surface area contributed by atoms with Crippen molar-refractivity contribution in [3.05, 3.63) is 40.4 Å². The minimum atomic E-state index is -1.26. The fraction of sp³-hybridized carbons (Fsp3) is 0.333. The minimum absolute atomic E-state index is 0.0984. The first kappa shape index (κ1) is 20.3. The molecular weight excluding hydrogens is 372 g/mol. The zero-order valence-corrected chi connectivity index (χ0v) is 15.8. The molecule has 1 aliphatic heterocycles. The monoisotopic (exact) mass is 390 g/mol. The Balaban J connectivity index is 2.61. The number of benzene rings is 1. The normalized spacial score (nSPS) is 19.0. The number of nitriles is 1. The van der Waals surface area contributed by atoms with E-state index < -0.39 is 29.7 Å². The van der Waals surface area contributed by atoms with Gasteiger partial charge in [0.15, 0.2) is 0 Å². The van der Waals surface area contributed by atoms with Crippen molar-refractivity contribution < 1.29 is 28.6 Å². The molecule has 1 heterocycles. The van der Waals surface area contributed by atoms with Gasteiger partial charge in [0.1, 0.15) is 11.7 Å². The van der Waals surface area contributed by atoms with Crippen molar-refractivity contribution in [3.8, 4) is 11.8 Å². The lowest BCUT2D eigenvalue weighted by molar-refractivity contribution is -0.150. The van der Waals surface area contributed by atoms with Crippen molar-refractivity contribution in [1.29, 1.82) is 5.26 Å². The van der Waals surface area contributed by atoms with Gasteiger partial charge >= 0.3 is 11.9 Å². The molecule has 142 valence electrons. The van der Waals surface area contributed by atoms with Crippen molar-refractivity contribution in [2.24, 2.45) is 5.92 Å². The van der Waals surface area contributed by atoms with E-state index in [0.717, 1.165) is 11.8 Å². The number of hydrogen-bond donors (Lipinski definition) is 1. The smallest absolute Gasteiger partial charge is 0.319 e. The van der Waals surface area contributed by atoms with Crippen molar-refractivity contribution in [2.75, 3.05) is 27.1 Å². The van der Waals surface area contributed by atoms with Crippen LogP contribution in [0.2, 0.25) is 0 Å². The van der Waals surface area contributed by atoms with Crippen LogP contribution in [0.4, 0.5) is 0 Å². The fourth-order valence-electron chi connectivity index (χ4n) is 2.77. The van der Waals surface area contributed by atoms with Gasteiger partial charge in [-0.15, -0.1) is 0 Å². The average molecular weight is 390 g/mol. The molecule has 0 bridgehead atoms. The molecule has 9 heteroatoms. The molecule has 1 N–H and O–H groups in total. The largest absolute Gasteiger partial charge is 0.496 e. The molecule has 0 aromatic heterocycles. The van der Waals surface area contributed by atoms with Crippen molar-refractivity contribution in [3.63, 3.8) is 0 Å². The van der Waals surface area contributed by atoms with Gasteiger partial charge in [0.05, 0.1) is 43.8 Å². The van der Waals surface area contributed by atoms with E-state index in [1.807, 2.05) is 0 Å². The first-order chi connectivity index (χ1) is 13.0. The maximum absolute atomic E-state index is 12.6. The summed E-state index contributed by atoms with van der Waals surface area (Å²) in [4.78, 5) is 36.4. The first-order valence-electron chi connectivity index (χ1n) is 7.83. The average Bonchev–Trinajstić information content (AvgIpc) is 2.70. The van der Waals surface area contributed by atoms with Gasteiger partial charge in [-0.25, -0.2) is 0 Å². The summed E-state index contributed by atoms with van der Waals surface area (Å²) in [6.45, 7) is 0. The first-order valence-corrected chi connectivity index (χ1v) is 8.82. The quantitative estimate of drug-likeness (QED) is 0.572. The predicted molar refractivity (Wildman–Crippen MR) is 96.5 cm³/mol. The highest BCUT2D eigenvalue weighted by atomic mass is 32.2. The number of esters is 2. The van der Waals surface area contributed by atoms with Crippen LogP contribution < -0.4 is 10.1 Å². The molecular formula is C18H18N2O6S. The number of allylic oxidation sites excluding steroid dienone is 1. The van der Waals surface area contributed by atoms with Crippen molar-refractivity contribution in [1.82, 2.24) is 5.32 Å². The molecule has 2 atom stereocenters. The standard InChI is InChI=1S/C18H18N2O6S/c1-24-12-7-5-4-6-10(12)14-11(8-19)17(27-9-13(21)25-2)20-16(22)15(14)18(23)26-3/h4-7,14-15H,9H2,1-3H3,(H,20,22)/t14-,15+/m1/s1. The number of thioether (sulfide) groups is 1. The van der Waals surface area contributed by atoms with Crippen LogP contribution in [0.5, 0.6) is 5.75 Å². The number of methoxy groups -OCH3 is 3. The molecule has 0 aliphatic carbocycles. The number of nitrogens with one attached hydrogen (secondary N) is 1. The molecule has 1 aromatic rings. The summed E-state index contributed by atoms with van der Waals surface area (Å²) in [5.74, 6) is -3.74. The Labute approximate surface area is 160 Å². The molecule has 0 saturated heterocycles. The lowest BCUT2D eigenvalue weighted by atomic mass is 9.78. The number of carbonyl (C=O) groups is 3. The van der Waals surface area contributed by atoms with Gasteiger partial charge in [-0.1, -0.05) is 30.0 Å². The van der Waals surface area contributed by atoms with Crippen LogP contribution in [0.15, 0.2) is 34.9 Å². The van der Waals surface area contributed by atoms with E-state index in [9.17, 15) is 19.6 Å². The zero-order valence-electron chi connectivity index (χ0n) is 15.0. The number of amides is 1. The summed E-state index contributed by atoms with van der Waals surface area (Å²) < 4.78 is 14.7. The van der Waals surface area contributed by atoms with Gasteiger partial charge in [0, 0.05) is 11.5 Å². The van der Waals surface area contributed by atoms with Crippen LogP contribution in [0, 0.1) is 17.2 Å². The Morgan fingerprint density at radius 3 is 2.52 bits per heavy atom. The van der Waals surface area contributed by atoms with Crippen LogP contribution in [-0.2, 0) is 23.9 Å². The van der Waals surface area contributed by atoms with E-state index in [2.05, 4.69) is 16.1 Å². The summed E-state index contributed by atoms with van der Waals surface area (Å²) in [5.41, 5.74) is 0.640. The summed E-state index contributed by atoms with van der Waals surface area (Å²) in [6.07, 6.45) is 0. The summed E-state index contributed by atoms with van der Waals surface area (Å²) in [6, 6.07) is 8.86. The van der Waals surface area contributed by atoms with E-state index in [1.54, 1.807) is 24.3 Å². The number of ether oxygens (including phenoxy) is 3. The molecule has 8 nitrogen and oxygen atoms in total. The van der Waals surface area contributed by atoms with E-state index in [4.69, 9.17) is 9.47 Å². The van der Waals surface area contributed by atoms with Crippen LogP contribution in [-0.4, -0.2) is 44.9 Å². The van der Waals surface area contributed by atoms with Gasteiger partial charge in [0.2, 0.25) is 5.91 Å². The Morgan fingerprint density at radius 1 is 1.22 bits per heavy atom. The fourth-order valence-corrected chi connectivity index (χ4v) is 3.65. The third-order valence-electron chi connectivity index (χ3n) is 4.02. The number of nitrogens with zero attached hydrogens (tertiary/aromatic N) is 1. The number of rotatable bonds is 6. The Morgan fingerprint density at radius 2 is 1.93 bits per heavy atom. The summed E-state index contributed by atoms with van der Waals surface area (Å²) >= 11 is 0.957. The maximum atomic E-state index is 12.6. The Hall–Kier alpha value is -2.99. The summed E-state index contributed by atoms with van der Waals surface area (Å²) in [7, 11) is 3.87. The lowest BCUT2D eigenvalue weighted by Crippen LogP contribution is -2.44. The predicted octanol–water partition coefficient (Wildman–Crippen LogP) is 1.34. The van der Waals surface area contributed by atoms with E-state index in [-0.39, 0.29) is 16.4 Å². The number of hydrogen-bond acceptors (Lipinski definition) is 8. The molecule has 0 unspecified atom stereocenters. The number of para-hydroxylation sites is 1. The van der Waals surface area contributed by atoms with Gasteiger partial charge in [-0.2, -0.15) is 5.26 Å². The second kappa shape index (κ2) is 9.09. The molecule has 0 radical (unpaired) electrons. The van der Waals surface area contributed by atoms with E-state index in [0.29, 0.717) is 11.3 Å². The van der Waals surface area contributed by atoms with Gasteiger partial charge in [0.25, 0.3) is 0 Å². The Kier molecular flexibility index (Phi) is 6.85. The molecule has 0 fully saturated rings. The molecule has 2 rings (SSSR count). The van der Waals surface area contributed by atoms with Crippen LogP contribution in [0.1, 0.15) is 11.5 Å². The number of carbonyl (C=O) groups excluding carboxylic acids is 3. The van der Waals surface area contributed by atoms with Crippen molar-refractivity contribution >= 4 is 29.6 Å². The van der Waals surface area contributed by atoms with Crippen LogP contribution >= 0.6 is 11.8 Å². The van der Waals surface area contributed by atoms with E-state index in [1.165, 1.54) is 21.3 Å². The van der Waals surface area contributed by atoms with Gasteiger partial charge < -0.3 is 19.5 Å². The van der Waals surface area contributed by atoms with Gasteiger partial charge in [-0.3, -0.25) is 14.4 Å². The van der Waals surface area contributed by atoms with Crippen LogP contribution in [0.25, 0.3) is 0 Å². The highest BCUT2D eigenvalue weighted by Gasteiger charge is 2.45. The minimum Gasteiger partial charge on any atom is -0.496 e. The molecule has 0 spiro atoms. The Bertz CT molecular complexity index is 829. The molecule has 1 aromatic carbocycles. The van der Waals surface area contributed by atoms with E-state index >= 15 is 0 Å². The lowest BCUT2D eigenvalue weighted by Gasteiger charge is -2.31. The zero-order chi connectivity index (χ0) is 20.0. The molecule has 0 saturated carbocycles. The highest BCUT2D eigenvalue weighted by molar-refractivity contribution is 8.03. The third-order valence-corrected chi connectivity index (χ3v) is 5.01. The highest BCUT2D eigenvalue weighted by Crippen LogP contribution is 2.43. The molecule has 1 aliphatic rings. The molecule has 1 amide bonds. The van der Waals surface area contributed by atoms with Crippen LogP contribution in [0.3, 0.4) is 0 Å². The maximum Gasteiger partial charge on any atom is 0.319 e. The van der Waals surface area contributed by atoms with Crippen molar-refractivity contribution in [2.45, 2.75) is 5.92 Å².